The molecule has 15 heavy (non-hydrogen) atoms. The maximum Gasteiger partial charge on any atom is 0.303 e. The van der Waals surface area contributed by atoms with Gasteiger partial charge < -0.3 is 19.5 Å². The Labute approximate surface area is 90.9 Å². The predicted molar refractivity (Wildman–Crippen MR) is 57.5 cm³/mol. The number of rotatable bonds is 5. The number of ketones is 1. The van der Waals surface area contributed by atoms with Crippen LogP contribution >= 0.6 is 0 Å². The van der Waals surface area contributed by atoms with Crippen LogP contribution in [0.5, 0.6) is 0 Å². The molecule has 0 saturated heterocycles. The highest BCUT2D eigenvalue weighted by molar-refractivity contribution is 5.80. The molecule has 0 aromatic rings. The fraction of sp³-hybridized carbons (Fsp3) is 0.800. The molecule has 5 heteroatoms. The minimum Gasteiger partial charge on any atom is -0.481 e. The van der Waals surface area contributed by atoms with Gasteiger partial charge >= 0.3 is 5.97 Å². The van der Waals surface area contributed by atoms with E-state index in [0.717, 1.165) is 11.0 Å². The van der Waals surface area contributed by atoms with Crippen LogP contribution in [0, 0.1) is 0 Å². The summed E-state index contributed by atoms with van der Waals surface area (Å²) in [6.07, 6.45) is 0.102. The summed E-state index contributed by atoms with van der Waals surface area (Å²) in [7, 11) is 6.16. The van der Waals surface area contributed by atoms with Crippen LogP contribution in [0.4, 0.5) is 0 Å². The van der Waals surface area contributed by atoms with Crippen LogP contribution in [0.15, 0.2) is 0 Å². The van der Waals surface area contributed by atoms with Gasteiger partial charge in [-0.15, -0.1) is 0 Å². The first-order chi connectivity index (χ1) is 6.69. The molecule has 0 spiro atoms. The zero-order chi connectivity index (χ0) is 12.5. The van der Waals surface area contributed by atoms with Crippen molar-refractivity contribution in [1.82, 2.24) is 0 Å². The molecule has 0 aliphatic heterocycles. The number of quaternary nitrogens is 1. The second kappa shape index (κ2) is 8.38. The van der Waals surface area contributed by atoms with Crippen molar-refractivity contribution in [2.45, 2.75) is 19.8 Å². The summed E-state index contributed by atoms with van der Waals surface area (Å²) in [6, 6.07) is 0. The van der Waals surface area contributed by atoms with E-state index in [1.54, 1.807) is 0 Å². The molecule has 0 unspecified atom stereocenters. The van der Waals surface area contributed by atoms with Crippen molar-refractivity contribution < 1.29 is 24.3 Å². The van der Waals surface area contributed by atoms with Gasteiger partial charge in [0.25, 0.3) is 0 Å². The van der Waals surface area contributed by atoms with Gasteiger partial charge in [-0.2, -0.15) is 0 Å². The summed E-state index contributed by atoms with van der Waals surface area (Å²) in [6.45, 7) is 2.49. The number of hydrogen-bond donors (Lipinski definition) is 2. The minimum absolute atomic E-state index is 0.0463. The van der Waals surface area contributed by atoms with Gasteiger partial charge in [0.05, 0.1) is 34.2 Å². The quantitative estimate of drug-likeness (QED) is 0.646. The Morgan fingerprint density at radius 1 is 1.13 bits per heavy atom. The number of carbonyl (C=O) groups is 2. The third kappa shape index (κ3) is 24.6. The Kier molecular flexibility index (Phi) is 9.21. The van der Waals surface area contributed by atoms with E-state index in [1.807, 2.05) is 0 Å². The van der Waals surface area contributed by atoms with E-state index in [2.05, 4.69) is 21.1 Å². The number of aliphatic carboxylic acids is 1. The summed E-state index contributed by atoms with van der Waals surface area (Å²) in [5, 5.41) is 16.4. The Morgan fingerprint density at radius 2 is 1.60 bits per heavy atom. The van der Waals surface area contributed by atoms with E-state index in [4.69, 9.17) is 10.2 Å². The summed E-state index contributed by atoms with van der Waals surface area (Å²) in [5.41, 5.74) is 0. The molecule has 0 amide bonds. The summed E-state index contributed by atoms with van der Waals surface area (Å²) >= 11 is 0. The number of likely N-dealkylation sites (N-methyl/N-ethyl adjacent to an activating group) is 1. The van der Waals surface area contributed by atoms with E-state index in [-0.39, 0.29) is 25.2 Å². The second-order valence-corrected chi connectivity index (χ2v) is 4.33. The molecule has 0 bridgehead atoms. The van der Waals surface area contributed by atoms with Gasteiger partial charge in [-0.3, -0.25) is 4.79 Å². The molecule has 0 heterocycles. The molecule has 0 saturated carbocycles. The average Bonchev–Trinajstić information content (AvgIpc) is 1.99. The fourth-order valence-electron chi connectivity index (χ4n) is 0.583. The number of carboxylic acids is 1. The highest BCUT2D eigenvalue weighted by Crippen LogP contribution is 1.87. The first-order valence-corrected chi connectivity index (χ1v) is 4.81. The molecule has 0 aromatic heterocycles. The molecule has 5 nitrogen and oxygen atoms in total. The predicted octanol–water partition coefficient (Wildman–Crippen LogP) is 0.125. The first-order valence-electron chi connectivity index (χ1n) is 4.81. The lowest BCUT2D eigenvalue weighted by Gasteiger charge is -2.21. The van der Waals surface area contributed by atoms with Crippen molar-refractivity contribution in [3.05, 3.63) is 0 Å². The third-order valence-electron chi connectivity index (χ3n) is 1.46. The monoisotopic (exact) mass is 220 g/mol. The van der Waals surface area contributed by atoms with Crippen molar-refractivity contribution in [2.24, 2.45) is 0 Å². The molecule has 90 valence electrons. The van der Waals surface area contributed by atoms with E-state index < -0.39 is 5.97 Å². The van der Waals surface area contributed by atoms with Gasteiger partial charge in [-0.1, -0.05) is 0 Å². The molecule has 0 aliphatic rings. The van der Waals surface area contributed by atoms with Crippen LogP contribution in [0.3, 0.4) is 0 Å². The van der Waals surface area contributed by atoms with Gasteiger partial charge in [-0.05, 0) is 6.92 Å². The van der Waals surface area contributed by atoms with Crippen LogP contribution in [0.1, 0.15) is 19.8 Å². The number of aliphatic hydroxyl groups excluding tert-OH is 1. The molecule has 0 fully saturated rings. The normalized spacial score (nSPS) is 10.2. The van der Waals surface area contributed by atoms with Gasteiger partial charge in [-0.25, -0.2) is 0 Å². The van der Waals surface area contributed by atoms with Crippen LogP contribution in [-0.2, 0) is 9.59 Å². The number of Topliss-reactive ketones (excluding diaryl/α,β-unsaturated/α-hetero) is 1. The van der Waals surface area contributed by atoms with E-state index >= 15 is 0 Å². The summed E-state index contributed by atoms with van der Waals surface area (Å²) in [5.74, 6) is -0.993. The van der Waals surface area contributed by atoms with Crippen LogP contribution in [-0.4, -0.2) is 60.7 Å². The van der Waals surface area contributed by atoms with E-state index in [9.17, 15) is 9.59 Å². The lowest BCUT2D eigenvalue weighted by molar-refractivity contribution is -0.870. The van der Waals surface area contributed by atoms with Gasteiger partial charge in [0.1, 0.15) is 12.3 Å². The highest BCUT2D eigenvalue weighted by Gasteiger charge is 2.02. The molecule has 0 aromatic carbocycles. The van der Waals surface area contributed by atoms with Crippen molar-refractivity contribution >= 4 is 11.8 Å². The highest BCUT2D eigenvalue weighted by atomic mass is 16.4. The van der Waals surface area contributed by atoms with Gasteiger partial charge in [0.15, 0.2) is 0 Å². The summed E-state index contributed by atoms with van der Waals surface area (Å²) in [4.78, 5) is 19.8. The number of nitrogens with zero attached hydrogens (tertiary/aromatic N) is 1. The fourth-order valence-corrected chi connectivity index (χ4v) is 0.583. The maximum atomic E-state index is 10.1. The standard InChI is InChI=1S/C5H14NO.C5H8O3/c1-6(2,3)4-5-7;1-4(6)2-3-5(7)8/h7H,4-5H2,1-3H3;2-3H2,1H3,(H,7,8)/q+1;. The lowest BCUT2D eigenvalue weighted by atomic mass is 10.2. The van der Waals surface area contributed by atoms with Crippen LogP contribution in [0.25, 0.3) is 0 Å². The zero-order valence-electron chi connectivity index (χ0n) is 9.99. The minimum atomic E-state index is -0.916. The smallest absolute Gasteiger partial charge is 0.303 e. The van der Waals surface area contributed by atoms with Crippen molar-refractivity contribution in [1.29, 1.82) is 0 Å². The summed E-state index contributed by atoms with van der Waals surface area (Å²) < 4.78 is 0.844. The van der Waals surface area contributed by atoms with Gasteiger partial charge in [0, 0.05) is 6.42 Å². The maximum absolute atomic E-state index is 10.1. The SMILES string of the molecule is CC(=O)CCC(=O)O.C[N+](C)(C)CCO. The van der Waals surface area contributed by atoms with E-state index in [0.29, 0.717) is 0 Å². The zero-order valence-corrected chi connectivity index (χ0v) is 9.99. The molecular weight excluding hydrogens is 198 g/mol. The van der Waals surface area contributed by atoms with Gasteiger partial charge in [0.2, 0.25) is 0 Å². The molecule has 0 radical (unpaired) electrons. The van der Waals surface area contributed by atoms with Crippen molar-refractivity contribution in [2.75, 3.05) is 34.3 Å². The second-order valence-electron chi connectivity index (χ2n) is 4.33. The van der Waals surface area contributed by atoms with Crippen LogP contribution < -0.4 is 0 Å². The molecule has 2 N–H and O–H groups in total. The Balaban J connectivity index is 0. The van der Waals surface area contributed by atoms with Crippen molar-refractivity contribution in [3.8, 4) is 0 Å². The Morgan fingerprint density at radius 3 is 1.67 bits per heavy atom. The number of hydrogen-bond acceptors (Lipinski definition) is 3. The number of carbonyl (C=O) groups excluding carboxylic acids is 1. The first kappa shape index (κ1) is 16.5. The number of aliphatic hydroxyl groups is 1. The topological polar surface area (TPSA) is 74.6 Å². The Bertz CT molecular complexity index is 182. The molecular formula is C10H22NO4+. The average molecular weight is 220 g/mol. The van der Waals surface area contributed by atoms with E-state index in [1.165, 1.54) is 6.92 Å². The molecule has 0 aliphatic carbocycles. The third-order valence-corrected chi connectivity index (χ3v) is 1.46. The Hall–Kier alpha value is -0.940. The largest absolute Gasteiger partial charge is 0.481 e. The van der Waals surface area contributed by atoms with Crippen LogP contribution in [0.2, 0.25) is 0 Å². The number of carboxylic acid groups (broad SMARTS) is 1. The molecule has 0 atom stereocenters. The van der Waals surface area contributed by atoms with Crippen molar-refractivity contribution in [3.63, 3.8) is 0 Å². The lowest BCUT2D eigenvalue weighted by Crippen LogP contribution is -2.36. The molecule has 0 rings (SSSR count).